The van der Waals surface area contributed by atoms with Crippen LogP contribution >= 0.6 is 0 Å². The zero-order valence-electron chi connectivity index (χ0n) is 12.4. The highest BCUT2D eigenvalue weighted by atomic mass is 16.5. The maximum Gasteiger partial charge on any atom is 0.160 e. The third kappa shape index (κ3) is 3.05. The van der Waals surface area contributed by atoms with Crippen LogP contribution in [-0.2, 0) is 6.42 Å². The fourth-order valence-corrected chi connectivity index (χ4v) is 2.20. The van der Waals surface area contributed by atoms with Gasteiger partial charge in [-0.15, -0.1) is 0 Å². The number of hydrogen-bond acceptors (Lipinski definition) is 3. The van der Waals surface area contributed by atoms with Gasteiger partial charge in [-0.1, -0.05) is 18.2 Å². The van der Waals surface area contributed by atoms with E-state index in [4.69, 9.17) is 14.2 Å². The lowest BCUT2D eigenvalue weighted by Crippen LogP contribution is -1.95. The van der Waals surface area contributed by atoms with Crippen molar-refractivity contribution in [3.8, 4) is 17.2 Å². The molecule has 3 nitrogen and oxygen atoms in total. The Labute approximate surface area is 120 Å². The Kier molecular flexibility index (Phi) is 4.51. The van der Waals surface area contributed by atoms with Crippen LogP contribution in [0.25, 0.3) is 0 Å². The molecule has 0 saturated heterocycles. The third-order valence-electron chi connectivity index (χ3n) is 3.33. The highest BCUT2D eigenvalue weighted by molar-refractivity contribution is 5.45. The van der Waals surface area contributed by atoms with Crippen LogP contribution in [0.15, 0.2) is 36.4 Å². The van der Waals surface area contributed by atoms with Crippen LogP contribution in [0.2, 0.25) is 0 Å². The SMILES string of the molecule is COc1cc(Cc2ccc(OC)c(OC)c2)ccc1C. The van der Waals surface area contributed by atoms with Gasteiger partial charge in [-0.3, -0.25) is 0 Å². The summed E-state index contributed by atoms with van der Waals surface area (Å²) in [5.41, 5.74) is 3.52. The molecule has 0 aliphatic heterocycles. The smallest absolute Gasteiger partial charge is 0.160 e. The fourth-order valence-electron chi connectivity index (χ4n) is 2.20. The number of methoxy groups -OCH3 is 3. The van der Waals surface area contributed by atoms with E-state index >= 15 is 0 Å². The molecule has 0 unspecified atom stereocenters. The minimum atomic E-state index is 0.748. The molecule has 0 aliphatic carbocycles. The van der Waals surface area contributed by atoms with Crippen LogP contribution in [0.4, 0.5) is 0 Å². The van der Waals surface area contributed by atoms with Crippen LogP contribution in [0.1, 0.15) is 16.7 Å². The van der Waals surface area contributed by atoms with E-state index in [0.717, 1.165) is 29.2 Å². The molecular formula is C17H20O3. The lowest BCUT2D eigenvalue weighted by atomic mass is 10.0. The third-order valence-corrected chi connectivity index (χ3v) is 3.33. The Hall–Kier alpha value is -2.16. The molecule has 106 valence electrons. The van der Waals surface area contributed by atoms with Crippen molar-refractivity contribution in [1.29, 1.82) is 0 Å². The summed E-state index contributed by atoms with van der Waals surface area (Å²) in [6.45, 7) is 2.04. The van der Waals surface area contributed by atoms with Crippen molar-refractivity contribution >= 4 is 0 Å². The van der Waals surface area contributed by atoms with Gasteiger partial charge < -0.3 is 14.2 Å². The van der Waals surface area contributed by atoms with E-state index in [1.165, 1.54) is 11.1 Å². The van der Waals surface area contributed by atoms with Gasteiger partial charge in [-0.25, -0.2) is 0 Å². The summed E-state index contributed by atoms with van der Waals surface area (Å²) in [7, 11) is 4.99. The van der Waals surface area contributed by atoms with Crippen LogP contribution in [0, 0.1) is 6.92 Å². The number of hydrogen-bond donors (Lipinski definition) is 0. The normalized spacial score (nSPS) is 10.2. The molecule has 0 N–H and O–H groups in total. The average Bonchev–Trinajstić information content (AvgIpc) is 2.49. The Morgan fingerprint density at radius 2 is 1.25 bits per heavy atom. The second-order valence-corrected chi connectivity index (χ2v) is 4.67. The van der Waals surface area contributed by atoms with E-state index in [2.05, 4.69) is 18.2 Å². The number of rotatable bonds is 5. The first-order valence-corrected chi connectivity index (χ1v) is 6.52. The topological polar surface area (TPSA) is 27.7 Å². The first-order valence-electron chi connectivity index (χ1n) is 6.52. The number of benzene rings is 2. The monoisotopic (exact) mass is 272 g/mol. The van der Waals surface area contributed by atoms with Gasteiger partial charge in [0.15, 0.2) is 11.5 Å². The van der Waals surface area contributed by atoms with Gasteiger partial charge in [0.2, 0.25) is 0 Å². The van der Waals surface area contributed by atoms with Crippen LogP contribution in [-0.4, -0.2) is 21.3 Å². The van der Waals surface area contributed by atoms with E-state index in [-0.39, 0.29) is 0 Å². The first-order chi connectivity index (χ1) is 9.67. The van der Waals surface area contributed by atoms with Gasteiger partial charge in [-0.05, 0) is 48.2 Å². The molecule has 0 spiro atoms. The molecule has 0 radical (unpaired) electrons. The van der Waals surface area contributed by atoms with E-state index in [1.807, 2.05) is 25.1 Å². The Bertz CT molecular complexity index is 591. The maximum absolute atomic E-state index is 5.36. The zero-order valence-corrected chi connectivity index (χ0v) is 12.4. The molecule has 0 heterocycles. The molecule has 0 saturated carbocycles. The Morgan fingerprint density at radius 3 is 1.85 bits per heavy atom. The van der Waals surface area contributed by atoms with Gasteiger partial charge in [0, 0.05) is 0 Å². The van der Waals surface area contributed by atoms with Crippen molar-refractivity contribution in [3.63, 3.8) is 0 Å². The summed E-state index contributed by atoms with van der Waals surface area (Å²) < 4.78 is 15.9. The largest absolute Gasteiger partial charge is 0.496 e. The maximum atomic E-state index is 5.36. The highest BCUT2D eigenvalue weighted by Crippen LogP contribution is 2.29. The molecule has 3 heteroatoms. The van der Waals surface area contributed by atoms with Crippen molar-refractivity contribution in [2.45, 2.75) is 13.3 Å². The summed E-state index contributed by atoms with van der Waals surface area (Å²) >= 11 is 0. The second kappa shape index (κ2) is 6.33. The van der Waals surface area contributed by atoms with Crippen LogP contribution in [0.5, 0.6) is 17.2 Å². The minimum absolute atomic E-state index is 0.748. The summed E-state index contributed by atoms with van der Waals surface area (Å²) in [5.74, 6) is 2.42. The Balaban J connectivity index is 2.25. The van der Waals surface area contributed by atoms with Crippen molar-refractivity contribution in [3.05, 3.63) is 53.1 Å². The summed E-state index contributed by atoms with van der Waals surface area (Å²) in [6.07, 6.45) is 0.830. The predicted molar refractivity (Wildman–Crippen MR) is 80.1 cm³/mol. The summed E-state index contributed by atoms with van der Waals surface area (Å²) in [6, 6.07) is 12.3. The average molecular weight is 272 g/mol. The van der Waals surface area contributed by atoms with Gasteiger partial charge in [0.25, 0.3) is 0 Å². The molecule has 0 amide bonds. The lowest BCUT2D eigenvalue weighted by Gasteiger charge is -2.11. The molecule has 0 fully saturated rings. The predicted octanol–water partition coefficient (Wildman–Crippen LogP) is 3.61. The number of aryl methyl sites for hydroxylation is 1. The highest BCUT2D eigenvalue weighted by Gasteiger charge is 2.06. The molecule has 0 aliphatic rings. The van der Waals surface area contributed by atoms with Crippen molar-refractivity contribution < 1.29 is 14.2 Å². The molecule has 0 bridgehead atoms. The molecule has 2 aromatic carbocycles. The summed E-state index contributed by atoms with van der Waals surface area (Å²) in [4.78, 5) is 0. The number of ether oxygens (including phenoxy) is 3. The molecule has 2 aromatic rings. The standard InChI is InChI=1S/C17H20O3/c1-12-5-6-13(10-16(12)19-3)9-14-7-8-15(18-2)17(11-14)20-4/h5-8,10-11H,9H2,1-4H3. The van der Waals surface area contributed by atoms with Gasteiger partial charge in [-0.2, -0.15) is 0 Å². The van der Waals surface area contributed by atoms with Gasteiger partial charge in [0.1, 0.15) is 5.75 Å². The van der Waals surface area contributed by atoms with Crippen molar-refractivity contribution in [1.82, 2.24) is 0 Å². The van der Waals surface area contributed by atoms with E-state index in [1.54, 1.807) is 21.3 Å². The van der Waals surface area contributed by atoms with Gasteiger partial charge in [0.05, 0.1) is 21.3 Å². The molecule has 0 aromatic heterocycles. The van der Waals surface area contributed by atoms with E-state index < -0.39 is 0 Å². The molecule has 0 atom stereocenters. The van der Waals surface area contributed by atoms with Crippen molar-refractivity contribution in [2.75, 3.05) is 21.3 Å². The molecular weight excluding hydrogens is 252 g/mol. The second-order valence-electron chi connectivity index (χ2n) is 4.67. The van der Waals surface area contributed by atoms with Crippen LogP contribution in [0.3, 0.4) is 0 Å². The lowest BCUT2D eigenvalue weighted by molar-refractivity contribution is 0.354. The quantitative estimate of drug-likeness (QED) is 0.832. The first kappa shape index (κ1) is 14.3. The van der Waals surface area contributed by atoms with Crippen LogP contribution < -0.4 is 14.2 Å². The van der Waals surface area contributed by atoms with Gasteiger partial charge >= 0.3 is 0 Å². The molecule has 2 rings (SSSR count). The molecule has 20 heavy (non-hydrogen) atoms. The fraction of sp³-hybridized carbons (Fsp3) is 0.294. The van der Waals surface area contributed by atoms with Crippen molar-refractivity contribution in [2.24, 2.45) is 0 Å². The minimum Gasteiger partial charge on any atom is -0.496 e. The van der Waals surface area contributed by atoms with E-state index in [0.29, 0.717) is 0 Å². The summed E-state index contributed by atoms with van der Waals surface area (Å²) in [5, 5.41) is 0. The Morgan fingerprint density at radius 1 is 0.700 bits per heavy atom. The van der Waals surface area contributed by atoms with E-state index in [9.17, 15) is 0 Å². The zero-order chi connectivity index (χ0) is 14.5.